The molecule has 0 heterocycles. The monoisotopic (exact) mass is 940 g/mol. The Hall–Kier alpha value is -9.08. The molecule has 0 saturated carbocycles. The predicted octanol–water partition coefficient (Wildman–Crippen LogP) is -1.53. The lowest BCUT2D eigenvalue weighted by atomic mass is 9.54. The van der Waals surface area contributed by atoms with E-state index >= 15 is 14.4 Å². The van der Waals surface area contributed by atoms with Crippen molar-refractivity contribution in [2.45, 2.75) is 28.5 Å². The summed E-state index contributed by atoms with van der Waals surface area (Å²) in [7, 11) is 0. The third-order valence-electron chi connectivity index (χ3n) is 10.5. The van der Waals surface area contributed by atoms with E-state index in [0.717, 1.165) is 0 Å². The fraction of sp³-hybridized carbons (Fsp3) is 0.122. The smallest absolute Gasteiger partial charge is 0.223 e. The van der Waals surface area contributed by atoms with Crippen LogP contribution in [0.25, 0.3) is 0 Å². The van der Waals surface area contributed by atoms with Crippen LogP contribution in [0.5, 0.6) is 86.2 Å². The number of aliphatic hydroxyl groups is 5. The number of rotatable bonds is 15. The van der Waals surface area contributed by atoms with Gasteiger partial charge in [0.1, 0.15) is 0 Å². The summed E-state index contributed by atoms with van der Waals surface area (Å²) >= 11 is 0. The molecule has 26 nitrogen and oxygen atoms in total. The Balaban J connectivity index is 2.13. The first-order valence-electron chi connectivity index (χ1n) is 17.9. The molecule has 67 heavy (non-hydrogen) atoms. The van der Waals surface area contributed by atoms with E-state index in [1.165, 1.54) is 0 Å². The van der Waals surface area contributed by atoms with Crippen LogP contribution in [0.2, 0.25) is 0 Å². The molecule has 0 aromatic heterocycles. The molecule has 0 aliphatic rings. The zero-order chi connectivity index (χ0) is 50.8. The van der Waals surface area contributed by atoms with Crippen molar-refractivity contribution in [2.24, 2.45) is 0 Å². The van der Waals surface area contributed by atoms with Crippen molar-refractivity contribution in [1.29, 1.82) is 0 Å². The molecule has 5 aromatic rings. The molecular weight excluding hydrogens is 908 g/mol. The number of ketones is 5. The lowest BCUT2D eigenvalue weighted by Gasteiger charge is -2.53. The summed E-state index contributed by atoms with van der Waals surface area (Å²) in [6.45, 7) is 0. The minimum absolute atomic E-state index is 0.00311. The van der Waals surface area contributed by atoms with Crippen molar-refractivity contribution in [3.05, 3.63) is 88.5 Å². The number of carbonyl (C=O) groups is 6. The molecule has 5 rings (SSSR count). The van der Waals surface area contributed by atoms with E-state index in [1.807, 2.05) is 0 Å². The van der Waals surface area contributed by atoms with Crippen LogP contribution in [0.15, 0.2) is 60.7 Å². The van der Waals surface area contributed by atoms with Gasteiger partial charge in [-0.05, 0) is 60.7 Å². The third kappa shape index (κ3) is 7.15. The summed E-state index contributed by atoms with van der Waals surface area (Å²) in [5.74, 6) is -36.8. The largest absolute Gasteiger partial charge is 0.504 e. The number of aldehydes is 1. The Labute approximate surface area is 369 Å². The number of phenols is 15. The molecule has 0 aliphatic heterocycles. The van der Waals surface area contributed by atoms with Gasteiger partial charge in [-0.1, -0.05) is 0 Å². The van der Waals surface area contributed by atoms with Crippen molar-refractivity contribution in [2.75, 3.05) is 0 Å². The normalized spacial score (nSPS) is 15.4. The average Bonchev–Trinajstić information content (AvgIpc) is 3.28. The summed E-state index contributed by atoms with van der Waals surface area (Å²) < 4.78 is 0. The fourth-order valence-electron chi connectivity index (χ4n) is 6.91. The molecule has 0 fully saturated rings. The molecule has 20 N–H and O–H groups in total. The van der Waals surface area contributed by atoms with E-state index in [-0.39, 0.29) is 60.7 Å². The van der Waals surface area contributed by atoms with Gasteiger partial charge < -0.3 is 102 Å². The summed E-state index contributed by atoms with van der Waals surface area (Å²) in [6, 6.07) is 0.158. The number of benzene rings is 5. The average molecular weight is 941 g/mol. The van der Waals surface area contributed by atoms with Crippen LogP contribution >= 0.6 is 0 Å². The Morgan fingerprint density at radius 1 is 0.358 bits per heavy atom. The van der Waals surface area contributed by atoms with Crippen molar-refractivity contribution < 1.29 is 131 Å². The van der Waals surface area contributed by atoms with Crippen molar-refractivity contribution in [3.63, 3.8) is 0 Å². The number of hydrogen-bond donors (Lipinski definition) is 20. The standard InChI is InChI=1S/C41H32O26/c42-11-38(64,33(59)13-3-19(45)29(55)20(46)4-13)40(66,35(61)15-7-23(49)31(57)24(50)8-15)41(67,36(62)16-9-25(51)32(58)26(52)10-16)39(65,34(60)14-5-21(47)30(56)22(48)6-14)37(63)27(53)12-1-17(43)28(54)18(44)2-12/h1-11,37,43-52,54-58,63-67H/t37-,38-,39-,40-,41-/m1/s1. The Kier molecular flexibility index (Phi) is 12.0. The van der Waals surface area contributed by atoms with Gasteiger partial charge in [-0.2, -0.15) is 0 Å². The van der Waals surface area contributed by atoms with Crippen LogP contribution < -0.4 is 0 Å². The molecule has 352 valence electrons. The number of aromatic hydroxyl groups is 15. The Morgan fingerprint density at radius 3 is 0.851 bits per heavy atom. The molecule has 0 saturated heterocycles. The second-order valence-electron chi connectivity index (χ2n) is 14.5. The van der Waals surface area contributed by atoms with Crippen molar-refractivity contribution in [3.8, 4) is 86.2 Å². The zero-order valence-corrected chi connectivity index (χ0v) is 32.8. The van der Waals surface area contributed by atoms with Gasteiger partial charge in [-0.25, -0.2) is 0 Å². The lowest BCUT2D eigenvalue weighted by Crippen LogP contribution is -2.86. The predicted molar refractivity (Wildman–Crippen MR) is 211 cm³/mol. The number of Topliss-reactive ketones (excluding diaryl/α,β-unsaturated/α-hetero) is 5. The van der Waals surface area contributed by atoms with Crippen molar-refractivity contribution in [1.82, 2.24) is 0 Å². The minimum atomic E-state index is -5.83. The van der Waals surface area contributed by atoms with E-state index in [1.54, 1.807) is 0 Å². The minimum Gasteiger partial charge on any atom is -0.504 e. The van der Waals surface area contributed by atoms with E-state index in [4.69, 9.17) is 0 Å². The van der Waals surface area contributed by atoms with Gasteiger partial charge in [0.25, 0.3) is 0 Å². The quantitative estimate of drug-likeness (QED) is 0.0245. The van der Waals surface area contributed by atoms with Gasteiger partial charge in [0.05, 0.1) is 0 Å². The molecular formula is C41H32O26. The van der Waals surface area contributed by atoms with Crippen LogP contribution in [-0.4, -0.2) is 166 Å². The highest BCUT2D eigenvalue weighted by atomic mass is 16.4. The summed E-state index contributed by atoms with van der Waals surface area (Å²) in [5, 5.41) is 217. The highest BCUT2D eigenvalue weighted by Gasteiger charge is 2.82. The number of aliphatic hydroxyl groups excluding tert-OH is 1. The molecule has 5 atom stereocenters. The molecule has 0 amide bonds. The van der Waals surface area contributed by atoms with E-state index in [0.29, 0.717) is 0 Å². The van der Waals surface area contributed by atoms with Crippen LogP contribution in [0.1, 0.15) is 51.8 Å². The molecule has 26 heteroatoms. The van der Waals surface area contributed by atoms with Gasteiger partial charge in [-0.3, -0.25) is 28.8 Å². The summed E-state index contributed by atoms with van der Waals surface area (Å²) in [6.07, 6.45) is -5.52. The summed E-state index contributed by atoms with van der Waals surface area (Å²) in [4.78, 5) is 87.7. The maximum absolute atomic E-state index is 15.3. The highest BCUT2D eigenvalue weighted by Crippen LogP contribution is 2.52. The van der Waals surface area contributed by atoms with Gasteiger partial charge in [0.2, 0.25) is 45.5 Å². The number of phenolic OH excluding ortho intramolecular Hbond substituents is 15. The van der Waals surface area contributed by atoms with Crippen LogP contribution in [0, 0.1) is 0 Å². The van der Waals surface area contributed by atoms with E-state index in [9.17, 15) is 117 Å². The Morgan fingerprint density at radius 2 is 0.582 bits per heavy atom. The second-order valence-corrected chi connectivity index (χ2v) is 14.5. The topological polar surface area (TPSA) is 507 Å². The number of carbonyl (C=O) groups excluding carboxylic acids is 6. The van der Waals surface area contributed by atoms with Crippen LogP contribution in [0.4, 0.5) is 0 Å². The molecule has 0 radical (unpaired) electrons. The van der Waals surface area contributed by atoms with Gasteiger partial charge >= 0.3 is 0 Å². The number of hydrogen-bond acceptors (Lipinski definition) is 26. The first-order valence-corrected chi connectivity index (χ1v) is 17.9. The maximum Gasteiger partial charge on any atom is 0.223 e. The van der Waals surface area contributed by atoms with Crippen LogP contribution in [-0.2, 0) is 4.79 Å². The molecule has 0 bridgehead atoms. The second kappa shape index (κ2) is 16.5. The zero-order valence-electron chi connectivity index (χ0n) is 32.8. The van der Waals surface area contributed by atoms with E-state index < -0.39 is 178 Å². The molecule has 5 aromatic carbocycles. The highest BCUT2D eigenvalue weighted by molar-refractivity contribution is 6.26. The van der Waals surface area contributed by atoms with Gasteiger partial charge in [0, 0.05) is 27.8 Å². The van der Waals surface area contributed by atoms with E-state index in [2.05, 4.69) is 0 Å². The maximum atomic E-state index is 15.3. The van der Waals surface area contributed by atoms with Crippen molar-refractivity contribution >= 4 is 35.2 Å². The lowest BCUT2D eigenvalue weighted by molar-refractivity contribution is -0.236. The molecule has 0 aliphatic carbocycles. The van der Waals surface area contributed by atoms with Gasteiger partial charge in [0.15, 0.2) is 104 Å². The first-order chi connectivity index (χ1) is 30.9. The summed E-state index contributed by atoms with van der Waals surface area (Å²) in [5.41, 5.74) is -30.5. The SMILES string of the molecule is O=C[C@@](O)(C(=O)c1cc(O)c(O)c(O)c1)[C@](O)(C(=O)c1cc(O)c(O)c(O)c1)[C@@](O)(C(=O)c1cc(O)c(O)c(O)c1)[C@@](O)(C(=O)c1cc(O)c(O)c(O)c1)[C@H](O)C(=O)c1cc(O)c(O)c(O)c1. The fourth-order valence-corrected chi connectivity index (χ4v) is 6.91. The van der Waals surface area contributed by atoms with Crippen LogP contribution in [0.3, 0.4) is 0 Å². The third-order valence-corrected chi connectivity index (χ3v) is 10.5. The molecule has 0 spiro atoms. The first kappa shape index (κ1) is 48.9. The Bertz CT molecular complexity index is 2860. The van der Waals surface area contributed by atoms with Gasteiger partial charge in [-0.15, -0.1) is 0 Å². The molecule has 0 unspecified atom stereocenters.